The quantitative estimate of drug-likeness (QED) is 0.794. The maximum absolute atomic E-state index is 5.92. The molecule has 0 aliphatic carbocycles. The molecule has 126 valence electrons. The molecule has 4 rings (SSSR count). The van der Waals surface area contributed by atoms with Crippen LogP contribution >= 0.6 is 0 Å². The molecule has 0 radical (unpaired) electrons. The lowest BCUT2D eigenvalue weighted by molar-refractivity contribution is 0.193. The molecule has 24 heavy (non-hydrogen) atoms. The fraction of sp³-hybridized carbons (Fsp3) is 0.471. The van der Waals surface area contributed by atoms with Gasteiger partial charge < -0.3 is 10.3 Å². The van der Waals surface area contributed by atoms with E-state index in [1.807, 2.05) is 26.1 Å². The van der Waals surface area contributed by atoms with Crippen LogP contribution in [0.15, 0.2) is 22.7 Å². The number of rotatable bonds is 3. The number of fused-ring (bicyclic) bond motifs is 1. The molecule has 2 N–H and O–H groups in total. The molecule has 0 unspecified atom stereocenters. The summed E-state index contributed by atoms with van der Waals surface area (Å²) in [7, 11) is 1.88. The number of anilines is 1. The van der Waals surface area contributed by atoms with Crippen molar-refractivity contribution in [1.82, 2.24) is 24.8 Å². The van der Waals surface area contributed by atoms with Gasteiger partial charge in [-0.05, 0) is 38.4 Å². The molecule has 3 aromatic rings. The van der Waals surface area contributed by atoms with Crippen molar-refractivity contribution in [2.45, 2.75) is 32.2 Å². The Labute approximate surface area is 140 Å². The first kappa shape index (κ1) is 15.1. The zero-order chi connectivity index (χ0) is 16.7. The number of hydrogen-bond donors (Lipinski definition) is 1. The zero-order valence-electron chi connectivity index (χ0n) is 14.1. The molecule has 0 amide bonds. The Morgan fingerprint density at radius 1 is 1.38 bits per heavy atom. The average molecular weight is 326 g/mol. The number of aryl methyl sites for hydroxylation is 2. The van der Waals surface area contributed by atoms with Crippen molar-refractivity contribution in [2.24, 2.45) is 7.05 Å². The predicted molar refractivity (Wildman–Crippen MR) is 91.4 cm³/mol. The minimum absolute atomic E-state index is 0.423. The van der Waals surface area contributed by atoms with Crippen LogP contribution in [0.25, 0.3) is 11.0 Å². The number of piperidine rings is 1. The van der Waals surface area contributed by atoms with Crippen molar-refractivity contribution in [3.05, 3.63) is 35.3 Å². The topological polar surface area (TPSA) is 86.0 Å². The molecule has 0 bridgehead atoms. The van der Waals surface area contributed by atoms with Crippen LogP contribution in [0.4, 0.5) is 5.82 Å². The summed E-state index contributed by atoms with van der Waals surface area (Å²) in [6.07, 6.45) is 2.31. The fourth-order valence-electron chi connectivity index (χ4n) is 3.56. The van der Waals surface area contributed by atoms with Crippen LogP contribution in [-0.2, 0) is 13.6 Å². The highest BCUT2D eigenvalue weighted by Gasteiger charge is 2.24. The van der Waals surface area contributed by atoms with Gasteiger partial charge in [0, 0.05) is 37.8 Å². The van der Waals surface area contributed by atoms with Crippen molar-refractivity contribution in [3.8, 4) is 0 Å². The molecule has 7 heteroatoms. The van der Waals surface area contributed by atoms with Gasteiger partial charge >= 0.3 is 0 Å². The Morgan fingerprint density at radius 3 is 3.04 bits per heavy atom. The Bertz CT molecular complexity index is 867. The first-order chi connectivity index (χ1) is 11.6. The molecular formula is C17H22N6O. The highest BCUT2D eigenvalue weighted by Crippen LogP contribution is 2.28. The van der Waals surface area contributed by atoms with Gasteiger partial charge in [-0.15, -0.1) is 0 Å². The summed E-state index contributed by atoms with van der Waals surface area (Å²) >= 11 is 0. The van der Waals surface area contributed by atoms with Crippen LogP contribution in [0, 0.1) is 6.92 Å². The summed E-state index contributed by atoms with van der Waals surface area (Å²) in [5.74, 6) is 1.82. The fourth-order valence-corrected chi connectivity index (χ4v) is 3.56. The van der Waals surface area contributed by atoms with E-state index in [9.17, 15) is 0 Å². The zero-order valence-corrected chi connectivity index (χ0v) is 14.1. The Kier molecular flexibility index (Phi) is 3.72. The van der Waals surface area contributed by atoms with E-state index in [1.54, 1.807) is 4.68 Å². The van der Waals surface area contributed by atoms with Crippen LogP contribution in [0.2, 0.25) is 0 Å². The summed E-state index contributed by atoms with van der Waals surface area (Å²) < 4.78 is 6.93. The van der Waals surface area contributed by atoms with Crippen LogP contribution in [0.3, 0.4) is 0 Å². The second-order valence-corrected chi connectivity index (χ2v) is 6.62. The van der Waals surface area contributed by atoms with E-state index in [-0.39, 0.29) is 0 Å². The summed E-state index contributed by atoms with van der Waals surface area (Å²) in [5.41, 5.74) is 8.89. The highest BCUT2D eigenvalue weighted by molar-refractivity contribution is 5.86. The number of nitrogens with two attached hydrogens (primary N) is 1. The highest BCUT2D eigenvalue weighted by atomic mass is 16.5. The van der Waals surface area contributed by atoms with Gasteiger partial charge in [0.05, 0.1) is 11.1 Å². The number of pyridine rings is 1. The predicted octanol–water partition coefficient (Wildman–Crippen LogP) is 2.23. The largest absolute Gasteiger partial charge is 0.382 e. The van der Waals surface area contributed by atoms with Gasteiger partial charge in [0.1, 0.15) is 5.76 Å². The van der Waals surface area contributed by atoms with Gasteiger partial charge in [-0.3, -0.25) is 4.90 Å². The maximum Gasteiger partial charge on any atom is 0.159 e. The van der Waals surface area contributed by atoms with Gasteiger partial charge in [-0.2, -0.15) is 5.10 Å². The van der Waals surface area contributed by atoms with E-state index in [2.05, 4.69) is 21.2 Å². The molecule has 0 aromatic carbocycles. The summed E-state index contributed by atoms with van der Waals surface area (Å²) in [6, 6.07) is 6.14. The Hall–Kier alpha value is -2.41. The third kappa shape index (κ3) is 2.75. The van der Waals surface area contributed by atoms with Gasteiger partial charge in [0.25, 0.3) is 0 Å². The van der Waals surface area contributed by atoms with E-state index in [1.165, 1.54) is 0 Å². The van der Waals surface area contributed by atoms with Gasteiger partial charge in [0.2, 0.25) is 0 Å². The van der Waals surface area contributed by atoms with Crippen molar-refractivity contribution < 1.29 is 4.52 Å². The van der Waals surface area contributed by atoms with Gasteiger partial charge in [-0.25, -0.2) is 9.67 Å². The van der Waals surface area contributed by atoms with E-state index >= 15 is 0 Å². The van der Waals surface area contributed by atoms with Crippen molar-refractivity contribution in [1.29, 1.82) is 0 Å². The average Bonchev–Trinajstić information content (AvgIpc) is 3.11. The molecular weight excluding hydrogens is 304 g/mol. The minimum Gasteiger partial charge on any atom is -0.382 e. The molecule has 1 atom stereocenters. The molecule has 7 nitrogen and oxygen atoms in total. The first-order valence-electron chi connectivity index (χ1n) is 8.34. The van der Waals surface area contributed by atoms with E-state index < -0.39 is 0 Å². The standard InChI is InChI=1S/C17H22N6O/c1-11-8-13(21-24-11)10-23-7-3-4-12(9-23)15-6-5-14-16(18)20-22(2)17(14)19-15/h5-6,8,12H,3-4,7,9-10H2,1-2H3,(H2,18,20)/t12-/m1/s1. The summed E-state index contributed by atoms with van der Waals surface area (Å²) in [6.45, 7) is 4.82. The third-order valence-corrected chi connectivity index (χ3v) is 4.72. The van der Waals surface area contributed by atoms with Crippen molar-refractivity contribution in [2.75, 3.05) is 18.8 Å². The number of nitrogens with zero attached hydrogens (tertiary/aromatic N) is 5. The monoisotopic (exact) mass is 326 g/mol. The molecule has 1 aliphatic rings. The lowest BCUT2D eigenvalue weighted by atomic mass is 9.94. The lowest BCUT2D eigenvalue weighted by Gasteiger charge is -2.31. The van der Waals surface area contributed by atoms with Crippen LogP contribution in [0.1, 0.15) is 35.9 Å². The van der Waals surface area contributed by atoms with E-state index in [0.29, 0.717) is 11.7 Å². The molecule has 0 saturated carbocycles. The Balaban J connectivity index is 1.54. The minimum atomic E-state index is 0.423. The second kappa shape index (κ2) is 5.90. The lowest BCUT2D eigenvalue weighted by Crippen LogP contribution is -2.34. The first-order valence-corrected chi connectivity index (χ1v) is 8.34. The molecule has 0 spiro atoms. The summed E-state index contributed by atoms with van der Waals surface area (Å²) in [4.78, 5) is 7.25. The summed E-state index contributed by atoms with van der Waals surface area (Å²) in [5, 5.41) is 9.28. The second-order valence-electron chi connectivity index (χ2n) is 6.62. The van der Waals surface area contributed by atoms with Crippen molar-refractivity contribution >= 4 is 16.9 Å². The molecule has 1 saturated heterocycles. The number of likely N-dealkylation sites (tertiary alicyclic amines) is 1. The molecule has 4 heterocycles. The molecule has 1 fully saturated rings. The van der Waals surface area contributed by atoms with E-state index in [4.69, 9.17) is 15.2 Å². The van der Waals surface area contributed by atoms with Crippen molar-refractivity contribution in [3.63, 3.8) is 0 Å². The Morgan fingerprint density at radius 2 is 2.25 bits per heavy atom. The number of hydrogen-bond acceptors (Lipinski definition) is 6. The molecule has 1 aliphatic heterocycles. The van der Waals surface area contributed by atoms with Gasteiger partial charge in [-0.1, -0.05) is 5.16 Å². The number of nitrogen functional groups attached to an aromatic ring is 1. The van der Waals surface area contributed by atoms with Crippen LogP contribution < -0.4 is 5.73 Å². The third-order valence-electron chi connectivity index (χ3n) is 4.72. The number of aromatic nitrogens is 4. The van der Waals surface area contributed by atoms with Crippen LogP contribution in [0.5, 0.6) is 0 Å². The van der Waals surface area contributed by atoms with Crippen LogP contribution in [-0.4, -0.2) is 37.9 Å². The smallest absolute Gasteiger partial charge is 0.159 e. The molecule has 3 aromatic heterocycles. The SMILES string of the molecule is Cc1cc(CN2CCC[C@@H](c3ccc4c(N)nn(C)c4n3)C2)no1. The maximum atomic E-state index is 5.92. The van der Waals surface area contributed by atoms with Gasteiger partial charge in [0.15, 0.2) is 11.5 Å². The van der Waals surface area contributed by atoms with E-state index in [0.717, 1.165) is 60.7 Å². The normalized spacial score (nSPS) is 19.2.